The van der Waals surface area contributed by atoms with Gasteiger partial charge in [0.15, 0.2) is 0 Å². The van der Waals surface area contributed by atoms with Gasteiger partial charge < -0.3 is 19.5 Å². The Balaban J connectivity index is 1.76. The highest BCUT2D eigenvalue weighted by atomic mass is 16.5. The highest BCUT2D eigenvalue weighted by Gasteiger charge is 2.26. The van der Waals surface area contributed by atoms with Crippen molar-refractivity contribution in [2.45, 2.75) is 33.9 Å². The standard InChI is InChI=1S/C25H34N4O4/c1-5-26-24(31)20-16-28(14-18(2)3)17-21(23(20)30)25(32)29-12-10-27(11-13-29)15-19-8-6-7-9-22(19)33-4/h6-9,16-18H,5,10-15H2,1-4H3,(H,26,31). The van der Waals surface area contributed by atoms with Gasteiger partial charge in [-0.2, -0.15) is 0 Å². The molecule has 1 aliphatic rings. The molecule has 1 fully saturated rings. The molecule has 2 amide bonds. The average molecular weight is 455 g/mol. The van der Waals surface area contributed by atoms with Gasteiger partial charge in [0.1, 0.15) is 16.9 Å². The summed E-state index contributed by atoms with van der Waals surface area (Å²) in [6.07, 6.45) is 3.14. The van der Waals surface area contributed by atoms with Gasteiger partial charge in [0.25, 0.3) is 11.8 Å². The van der Waals surface area contributed by atoms with Crippen LogP contribution in [-0.2, 0) is 13.1 Å². The van der Waals surface area contributed by atoms with E-state index in [-0.39, 0.29) is 17.0 Å². The second kappa shape index (κ2) is 11.1. The van der Waals surface area contributed by atoms with Crippen LogP contribution in [0.3, 0.4) is 0 Å². The number of methoxy groups -OCH3 is 1. The number of hydrogen-bond acceptors (Lipinski definition) is 5. The lowest BCUT2D eigenvalue weighted by Crippen LogP contribution is -2.49. The molecule has 0 bridgehead atoms. The Morgan fingerprint density at radius 1 is 1.06 bits per heavy atom. The number of pyridine rings is 1. The maximum atomic E-state index is 13.3. The first-order valence-corrected chi connectivity index (χ1v) is 11.5. The Morgan fingerprint density at radius 2 is 1.73 bits per heavy atom. The molecule has 1 aliphatic heterocycles. The van der Waals surface area contributed by atoms with Crippen molar-refractivity contribution in [2.24, 2.45) is 5.92 Å². The monoisotopic (exact) mass is 454 g/mol. The normalized spacial score (nSPS) is 14.4. The topological polar surface area (TPSA) is 83.9 Å². The minimum atomic E-state index is -0.512. The molecule has 33 heavy (non-hydrogen) atoms. The first kappa shape index (κ1) is 24.5. The van der Waals surface area contributed by atoms with E-state index in [4.69, 9.17) is 4.74 Å². The summed E-state index contributed by atoms with van der Waals surface area (Å²) in [4.78, 5) is 42.8. The zero-order valence-corrected chi connectivity index (χ0v) is 20.0. The van der Waals surface area contributed by atoms with Gasteiger partial charge in [0.2, 0.25) is 5.43 Å². The molecule has 8 heteroatoms. The van der Waals surface area contributed by atoms with E-state index in [0.29, 0.717) is 45.2 Å². The van der Waals surface area contributed by atoms with Crippen LogP contribution in [0.4, 0.5) is 0 Å². The van der Waals surface area contributed by atoms with Gasteiger partial charge in [0.05, 0.1) is 7.11 Å². The SMILES string of the molecule is CCNC(=O)c1cn(CC(C)C)cc(C(=O)N2CCN(Cc3ccccc3OC)CC2)c1=O. The molecule has 1 N–H and O–H groups in total. The Hall–Kier alpha value is -3.13. The molecule has 0 unspecified atom stereocenters. The van der Waals surface area contributed by atoms with E-state index in [0.717, 1.165) is 17.9 Å². The van der Waals surface area contributed by atoms with Crippen molar-refractivity contribution in [1.29, 1.82) is 0 Å². The predicted octanol–water partition coefficient (Wildman–Crippen LogP) is 2.22. The van der Waals surface area contributed by atoms with Gasteiger partial charge in [-0.3, -0.25) is 19.3 Å². The van der Waals surface area contributed by atoms with Gasteiger partial charge >= 0.3 is 0 Å². The summed E-state index contributed by atoms with van der Waals surface area (Å²) in [7, 11) is 1.66. The number of benzene rings is 1. The molecule has 178 valence electrons. The zero-order chi connectivity index (χ0) is 24.0. The van der Waals surface area contributed by atoms with E-state index in [1.807, 2.05) is 38.1 Å². The number of nitrogens with one attached hydrogen (secondary N) is 1. The summed E-state index contributed by atoms with van der Waals surface area (Å²) in [6.45, 7) is 10.1. The lowest BCUT2D eigenvalue weighted by atomic mass is 10.1. The van der Waals surface area contributed by atoms with Crippen LogP contribution in [-0.4, -0.2) is 66.0 Å². The van der Waals surface area contributed by atoms with Crippen LogP contribution < -0.4 is 15.5 Å². The third-order valence-corrected chi connectivity index (χ3v) is 5.71. The molecule has 3 rings (SSSR count). The number of hydrogen-bond donors (Lipinski definition) is 1. The molecule has 0 aliphatic carbocycles. The van der Waals surface area contributed by atoms with Crippen molar-refractivity contribution in [3.05, 3.63) is 63.6 Å². The molecule has 1 aromatic carbocycles. The largest absolute Gasteiger partial charge is 0.496 e. The fourth-order valence-electron chi connectivity index (χ4n) is 4.08. The number of carbonyl (C=O) groups excluding carboxylic acids is 2. The zero-order valence-electron chi connectivity index (χ0n) is 20.0. The third-order valence-electron chi connectivity index (χ3n) is 5.71. The summed E-state index contributed by atoms with van der Waals surface area (Å²) >= 11 is 0. The van der Waals surface area contributed by atoms with Crippen molar-refractivity contribution in [3.63, 3.8) is 0 Å². The first-order chi connectivity index (χ1) is 15.8. The molecular weight excluding hydrogens is 420 g/mol. The fraction of sp³-hybridized carbons (Fsp3) is 0.480. The molecule has 2 aromatic rings. The summed E-state index contributed by atoms with van der Waals surface area (Å²) < 4.78 is 7.22. The smallest absolute Gasteiger partial charge is 0.259 e. The summed E-state index contributed by atoms with van der Waals surface area (Å²) in [5.74, 6) is 0.386. The van der Waals surface area contributed by atoms with E-state index in [1.165, 1.54) is 0 Å². The average Bonchev–Trinajstić information content (AvgIpc) is 2.80. The quantitative estimate of drug-likeness (QED) is 0.661. The molecule has 2 heterocycles. The van der Waals surface area contributed by atoms with Crippen LogP contribution in [0.1, 0.15) is 47.1 Å². The molecule has 0 spiro atoms. The molecule has 1 saturated heterocycles. The highest BCUT2D eigenvalue weighted by Crippen LogP contribution is 2.20. The first-order valence-electron chi connectivity index (χ1n) is 11.5. The minimum Gasteiger partial charge on any atom is -0.496 e. The summed E-state index contributed by atoms with van der Waals surface area (Å²) in [6, 6.07) is 7.92. The van der Waals surface area contributed by atoms with Crippen LogP contribution in [0.25, 0.3) is 0 Å². The minimum absolute atomic E-state index is 0.0122. The number of ether oxygens (including phenoxy) is 1. The number of nitrogens with zero attached hydrogens (tertiary/aromatic N) is 3. The maximum Gasteiger partial charge on any atom is 0.259 e. The molecule has 8 nitrogen and oxygen atoms in total. The number of para-hydroxylation sites is 1. The van der Waals surface area contributed by atoms with Crippen LogP contribution in [0.15, 0.2) is 41.5 Å². The third kappa shape index (κ3) is 6.01. The molecular formula is C25H34N4O4. The van der Waals surface area contributed by atoms with Gasteiger partial charge in [-0.05, 0) is 18.9 Å². The van der Waals surface area contributed by atoms with E-state index in [2.05, 4.69) is 10.2 Å². The van der Waals surface area contributed by atoms with Crippen LogP contribution >= 0.6 is 0 Å². The number of carbonyl (C=O) groups is 2. The van der Waals surface area contributed by atoms with Crippen LogP contribution in [0.2, 0.25) is 0 Å². The molecule has 1 aromatic heterocycles. The van der Waals surface area contributed by atoms with Gasteiger partial charge in [-0.25, -0.2) is 0 Å². The van der Waals surface area contributed by atoms with Crippen molar-refractivity contribution >= 4 is 11.8 Å². The van der Waals surface area contributed by atoms with Crippen molar-refractivity contribution in [2.75, 3.05) is 39.8 Å². The van der Waals surface area contributed by atoms with Gasteiger partial charge in [-0.15, -0.1) is 0 Å². The second-order valence-corrected chi connectivity index (χ2v) is 8.74. The number of rotatable bonds is 8. The molecule has 0 radical (unpaired) electrons. The number of piperazine rings is 1. The Labute approximate surface area is 195 Å². The van der Waals surface area contributed by atoms with E-state index in [9.17, 15) is 14.4 Å². The number of amides is 2. The van der Waals surface area contributed by atoms with Crippen molar-refractivity contribution in [3.8, 4) is 5.75 Å². The number of aromatic nitrogens is 1. The lowest BCUT2D eigenvalue weighted by Gasteiger charge is -2.35. The Kier molecular flexibility index (Phi) is 8.27. The predicted molar refractivity (Wildman–Crippen MR) is 128 cm³/mol. The molecule has 0 atom stereocenters. The van der Waals surface area contributed by atoms with Crippen LogP contribution in [0, 0.1) is 5.92 Å². The second-order valence-electron chi connectivity index (χ2n) is 8.74. The highest BCUT2D eigenvalue weighted by molar-refractivity contribution is 5.99. The van der Waals surface area contributed by atoms with Crippen molar-refractivity contribution in [1.82, 2.24) is 19.7 Å². The Bertz CT molecular complexity index is 1040. The fourth-order valence-corrected chi connectivity index (χ4v) is 4.08. The van der Waals surface area contributed by atoms with E-state index < -0.39 is 11.3 Å². The summed E-state index contributed by atoms with van der Waals surface area (Å²) in [5.41, 5.74) is 0.657. The van der Waals surface area contributed by atoms with Crippen molar-refractivity contribution < 1.29 is 14.3 Å². The molecule has 0 saturated carbocycles. The van der Waals surface area contributed by atoms with E-state index >= 15 is 0 Å². The van der Waals surface area contributed by atoms with E-state index in [1.54, 1.807) is 35.9 Å². The van der Waals surface area contributed by atoms with Crippen LogP contribution in [0.5, 0.6) is 5.75 Å². The van der Waals surface area contributed by atoms with Gasteiger partial charge in [-0.1, -0.05) is 32.0 Å². The van der Waals surface area contributed by atoms with Gasteiger partial charge in [0, 0.05) is 63.8 Å². The maximum absolute atomic E-state index is 13.3. The lowest BCUT2D eigenvalue weighted by molar-refractivity contribution is 0.0625. The summed E-state index contributed by atoms with van der Waals surface area (Å²) in [5, 5.41) is 2.67. The Morgan fingerprint density at radius 3 is 2.36 bits per heavy atom.